The van der Waals surface area contributed by atoms with E-state index in [1.165, 1.54) is 0 Å². The van der Waals surface area contributed by atoms with Crippen LogP contribution in [0.4, 0.5) is 0 Å². The Morgan fingerprint density at radius 1 is 1.47 bits per heavy atom. The number of aryl methyl sites for hydroxylation is 1. The normalized spacial score (nSPS) is 11.9. The molecule has 0 atom stereocenters. The highest BCUT2D eigenvalue weighted by Crippen LogP contribution is 2.25. The van der Waals surface area contributed by atoms with Gasteiger partial charge >= 0.3 is 4.87 Å². The van der Waals surface area contributed by atoms with Gasteiger partial charge in [-0.25, -0.2) is 13.1 Å². The molecule has 0 spiro atoms. The third-order valence-corrected chi connectivity index (χ3v) is 6.32. The molecule has 2 aromatic rings. The van der Waals surface area contributed by atoms with E-state index in [-0.39, 0.29) is 15.6 Å². The lowest BCUT2D eigenvalue weighted by Gasteiger charge is -2.02. The summed E-state index contributed by atoms with van der Waals surface area (Å²) in [6, 6.07) is 1.60. The number of thiazole rings is 1. The van der Waals surface area contributed by atoms with Gasteiger partial charge in [-0.15, -0.1) is 11.3 Å². The van der Waals surface area contributed by atoms with E-state index in [0.717, 1.165) is 33.1 Å². The Bertz CT molecular complexity index is 727. The molecule has 0 radical (unpaired) electrons. The number of nitrogens with two attached hydrogens (primary N) is 1. The molecule has 0 saturated heterocycles. The van der Waals surface area contributed by atoms with Gasteiger partial charge in [0.2, 0.25) is 10.0 Å². The topological polar surface area (TPSA) is 105 Å². The van der Waals surface area contributed by atoms with Gasteiger partial charge in [0.05, 0.1) is 6.54 Å². The third-order valence-electron chi connectivity index (χ3n) is 2.47. The second-order valence-corrected chi connectivity index (χ2v) is 7.85. The minimum absolute atomic E-state index is 0.0655. The molecule has 2 heterocycles. The van der Waals surface area contributed by atoms with Crippen LogP contribution in [-0.4, -0.2) is 13.4 Å². The molecule has 19 heavy (non-hydrogen) atoms. The summed E-state index contributed by atoms with van der Waals surface area (Å²) in [6.07, 6.45) is 0. The smallest absolute Gasteiger partial charge is 0.304 e. The number of sulfonamides is 1. The van der Waals surface area contributed by atoms with Crippen LogP contribution in [0.15, 0.2) is 20.5 Å². The monoisotopic (exact) mass is 319 g/mol. The van der Waals surface area contributed by atoms with Crippen molar-refractivity contribution in [1.82, 2.24) is 9.71 Å². The largest absolute Gasteiger partial charge is 0.326 e. The molecule has 0 bridgehead atoms. The first-order chi connectivity index (χ1) is 8.92. The minimum Gasteiger partial charge on any atom is -0.326 e. The number of rotatable bonds is 5. The fourth-order valence-electron chi connectivity index (χ4n) is 1.47. The summed E-state index contributed by atoms with van der Waals surface area (Å²) in [4.78, 5) is 14.1. The van der Waals surface area contributed by atoms with E-state index in [4.69, 9.17) is 5.73 Å². The van der Waals surface area contributed by atoms with Crippen LogP contribution in [0.2, 0.25) is 0 Å². The van der Waals surface area contributed by atoms with Crippen LogP contribution >= 0.6 is 22.7 Å². The molecule has 0 fully saturated rings. The average Bonchev–Trinajstić information content (AvgIpc) is 2.93. The summed E-state index contributed by atoms with van der Waals surface area (Å²) in [5, 5.41) is 1.59. The van der Waals surface area contributed by atoms with Crippen LogP contribution in [-0.2, 0) is 23.1 Å². The summed E-state index contributed by atoms with van der Waals surface area (Å²) in [5.41, 5.74) is 6.95. The second-order valence-electron chi connectivity index (χ2n) is 3.87. The molecule has 0 aliphatic carbocycles. The van der Waals surface area contributed by atoms with Crippen molar-refractivity contribution in [2.45, 2.75) is 24.2 Å². The van der Waals surface area contributed by atoms with Crippen molar-refractivity contribution in [1.29, 1.82) is 0 Å². The van der Waals surface area contributed by atoms with Crippen LogP contribution in [0.1, 0.15) is 16.1 Å². The Morgan fingerprint density at radius 3 is 2.74 bits per heavy atom. The van der Waals surface area contributed by atoms with Crippen molar-refractivity contribution >= 4 is 32.7 Å². The molecule has 0 aliphatic heterocycles. The molecule has 6 nitrogen and oxygen atoms in total. The Hall–Kier alpha value is -1.00. The first-order valence-electron chi connectivity index (χ1n) is 5.38. The van der Waals surface area contributed by atoms with E-state index < -0.39 is 10.0 Å². The number of H-pyrrole nitrogens is 1. The van der Waals surface area contributed by atoms with Crippen LogP contribution in [0.5, 0.6) is 0 Å². The van der Waals surface area contributed by atoms with E-state index in [1.807, 2.05) is 6.92 Å². The summed E-state index contributed by atoms with van der Waals surface area (Å²) in [6.45, 7) is 2.22. The van der Waals surface area contributed by atoms with Gasteiger partial charge < -0.3 is 10.7 Å². The number of hydrogen-bond acceptors (Lipinski definition) is 6. The predicted molar refractivity (Wildman–Crippen MR) is 75.9 cm³/mol. The van der Waals surface area contributed by atoms with E-state index in [9.17, 15) is 13.2 Å². The van der Waals surface area contributed by atoms with Gasteiger partial charge in [0.25, 0.3) is 0 Å². The molecule has 0 aromatic carbocycles. The first-order valence-corrected chi connectivity index (χ1v) is 8.56. The average molecular weight is 319 g/mol. The maximum atomic E-state index is 12.1. The SMILES string of the molecule is Cc1cc(S(=O)(=O)NCc2csc(=O)[nH]2)sc1CN. The van der Waals surface area contributed by atoms with Crippen LogP contribution in [0.25, 0.3) is 0 Å². The summed E-state index contributed by atoms with van der Waals surface area (Å²) in [7, 11) is -3.57. The quantitative estimate of drug-likeness (QED) is 0.756. The lowest BCUT2D eigenvalue weighted by atomic mass is 10.3. The maximum Gasteiger partial charge on any atom is 0.304 e. The zero-order valence-electron chi connectivity index (χ0n) is 10.1. The Kier molecular flexibility index (Phi) is 4.21. The van der Waals surface area contributed by atoms with Crippen molar-refractivity contribution < 1.29 is 8.42 Å². The summed E-state index contributed by atoms with van der Waals surface area (Å²) in [5.74, 6) is 0. The highest BCUT2D eigenvalue weighted by atomic mass is 32.2. The van der Waals surface area contributed by atoms with Gasteiger partial charge in [-0.3, -0.25) is 4.79 Å². The van der Waals surface area contributed by atoms with E-state index >= 15 is 0 Å². The van der Waals surface area contributed by atoms with Crippen molar-refractivity contribution in [3.63, 3.8) is 0 Å². The molecule has 9 heteroatoms. The number of nitrogens with one attached hydrogen (secondary N) is 2. The van der Waals surface area contributed by atoms with Crippen molar-refractivity contribution in [3.8, 4) is 0 Å². The van der Waals surface area contributed by atoms with Gasteiger partial charge in [0.15, 0.2) is 0 Å². The Labute approximate surface area is 118 Å². The van der Waals surface area contributed by atoms with Gasteiger partial charge in [-0.05, 0) is 18.6 Å². The molecular weight excluding hydrogens is 306 g/mol. The van der Waals surface area contributed by atoms with E-state index in [1.54, 1.807) is 11.4 Å². The standard InChI is InChI=1S/C10H13N3O3S3/c1-6-2-9(18-8(6)3-11)19(15,16)12-4-7-5-17-10(14)13-7/h2,5,12H,3-4,11H2,1H3,(H,13,14). The van der Waals surface area contributed by atoms with Crippen LogP contribution in [0.3, 0.4) is 0 Å². The number of thiophene rings is 1. The van der Waals surface area contributed by atoms with E-state index in [2.05, 4.69) is 9.71 Å². The molecule has 0 saturated carbocycles. The van der Waals surface area contributed by atoms with Crippen LogP contribution in [0, 0.1) is 6.92 Å². The van der Waals surface area contributed by atoms with Gasteiger partial charge in [0, 0.05) is 22.5 Å². The third kappa shape index (κ3) is 3.31. The molecule has 104 valence electrons. The predicted octanol–water partition coefficient (Wildman–Crippen LogP) is 0.744. The first kappa shape index (κ1) is 14.4. The molecule has 2 rings (SSSR count). The second kappa shape index (κ2) is 5.55. The summed E-state index contributed by atoms with van der Waals surface area (Å²) >= 11 is 2.16. The Morgan fingerprint density at radius 2 is 2.21 bits per heavy atom. The molecule has 4 N–H and O–H groups in total. The maximum absolute atomic E-state index is 12.1. The lowest BCUT2D eigenvalue weighted by Crippen LogP contribution is -2.22. The lowest BCUT2D eigenvalue weighted by molar-refractivity contribution is 0.582. The van der Waals surface area contributed by atoms with Crippen molar-refractivity contribution in [3.05, 3.63) is 37.2 Å². The zero-order valence-corrected chi connectivity index (χ0v) is 12.5. The van der Waals surface area contributed by atoms with Gasteiger partial charge in [-0.2, -0.15) is 0 Å². The zero-order chi connectivity index (χ0) is 14.0. The van der Waals surface area contributed by atoms with Gasteiger partial charge in [-0.1, -0.05) is 11.3 Å². The van der Waals surface area contributed by atoms with Crippen LogP contribution < -0.4 is 15.3 Å². The minimum atomic E-state index is -3.57. The Balaban J connectivity index is 2.15. The highest BCUT2D eigenvalue weighted by molar-refractivity contribution is 7.91. The molecule has 0 amide bonds. The molecular formula is C10H13N3O3S3. The number of hydrogen-bond donors (Lipinski definition) is 3. The fourth-order valence-corrected chi connectivity index (χ4v) is 4.57. The van der Waals surface area contributed by atoms with Crippen molar-refractivity contribution in [2.75, 3.05) is 0 Å². The number of aromatic nitrogens is 1. The van der Waals surface area contributed by atoms with Gasteiger partial charge in [0.1, 0.15) is 4.21 Å². The molecule has 0 aliphatic rings. The van der Waals surface area contributed by atoms with Crippen molar-refractivity contribution in [2.24, 2.45) is 5.73 Å². The number of aromatic amines is 1. The fraction of sp³-hybridized carbons (Fsp3) is 0.300. The summed E-state index contributed by atoms with van der Waals surface area (Å²) < 4.78 is 26.8. The molecule has 0 unspecified atom stereocenters. The molecule has 2 aromatic heterocycles. The highest BCUT2D eigenvalue weighted by Gasteiger charge is 2.18. The van der Waals surface area contributed by atoms with E-state index in [0.29, 0.717) is 12.2 Å².